The molecular weight excluding hydrogens is 398 g/mol. The highest BCUT2D eigenvalue weighted by molar-refractivity contribution is 7.91. The number of hydrogen-bond acceptors (Lipinski definition) is 5. The Kier molecular flexibility index (Phi) is 6.01. The predicted molar refractivity (Wildman–Crippen MR) is 119 cm³/mol. The van der Waals surface area contributed by atoms with Crippen LogP contribution in [-0.4, -0.2) is 38.3 Å². The number of fused-ring (bicyclic) bond motifs is 2. The molecule has 0 bridgehead atoms. The molecule has 7 heteroatoms. The van der Waals surface area contributed by atoms with Crippen LogP contribution < -0.4 is 10.1 Å². The number of unbranched alkanes of at least 4 members (excludes halogenated alkanes) is 1. The number of nitrogens with one attached hydrogen (secondary N) is 2. The highest BCUT2D eigenvalue weighted by Gasteiger charge is 2.25. The summed E-state index contributed by atoms with van der Waals surface area (Å²) in [4.78, 5) is 0.253. The van der Waals surface area contributed by atoms with Gasteiger partial charge in [-0.3, -0.25) is 5.10 Å². The largest absolute Gasteiger partial charge is 0.494 e. The van der Waals surface area contributed by atoms with E-state index < -0.39 is 9.84 Å². The fraction of sp³-hybridized carbons (Fsp3) is 0.261. The summed E-state index contributed by atoms with van der Waals surface area (Å²) in [5, 5.41) is 12.4. The van der Waals surface area contributed by atoms with Gasteiger partial charge in [-0.15, -0.1) is 0 Å². The van der Waals surface area contributed by atoms with Crippen LogP contribution in [-0.2, 0) is 9.84 Å². The van der Waals surface area contributed by atoms with Crippen molar-refractivity contribution in [2.45, 2.75) is 29.7 Å². The van der Waals surface area contributed by atoms with Crippen LogP contribution in [0.15, 0.2) is 70.6 Å². The highest BCUT2D eigenvalue weighted by Crippen LogP contribution is 2.32. The molecule has 4 rings (SSSR count). The molecule has 6 nitrogen and oxygen atoms in total. The molecule has 4 aromatic rings. The van der Waals surface area contributed by atoms with E-state index in [9.17, 15) is 8.42 Å². The number of hydrogen-bond donors (Lipinski definition) is 2. The van der Waals surface area contributed by atoms with Gasteiger partial charge < -0.3 is 10.1 Å². The van der Waals surface area contributed by atoms with E-state index in [4.69, 9.17) is 4.74 Å². The van der Waals surface area contributed by atoms with Gasteiger partial charge in [-0.05, 0) is 55.6 Å². The van der Waals surface area contributed by atoms with Crippen molar-refractivity contribution in [2.24, 2.45) is 0 Å². The summed E-state index contributed by atoms with van der Waals surface area (Å²) < 4.78 is 32.8. The lowest BCUT2D eigenvalue weighted by Crippen LogP contribution is -2.14. The number of benzene rings is 3. The minimum Gasteiger partial charge on any atom is -0.494 e. The topological polar surface area (TPSA) is 84.1 Å². The third-order valence-electron chi connectivity index (χ3n) is 5.06. The van der Waals surface area contributed by atoms with Gasteiger partial charge in [0.05, 0.1) is 17.0 Å². The number of H-pyrrole nitrogens is 1. The molecule has 0 unspecified atom stereocenters. The SMILES string of the molecule is CCNCCCCOc1ccc2[nH]nc(S(=O)(=O)c3cccc4ccccc34)c2c1. The first-order valence-electron chi connectivity index (χ1n) is 10.2. The first-order chi connectivity index (χ1) is 14.6. The fourth-order valence-electron chi connectivity index (χ4n) is 3.52. The van der Waals surface area contributed by atoms with Crippen LogP contribution in [0.4, 0.5) is 0 Å². The Bertz CT molecular complexity index is 1260. The summed E-state index contributed by atoms with van der Waals surface area (Å²) in [5.74, 6) is 0.640. The van der Waals surface area contributed by atoms with Crippen LogP contribution in [0, 0.1) is 0 Å². The summed E-state index contributed by atoms with van der Waals surface area (Å²) >= 11 is 0. The Labute approximate surface area is 176 Å². The summed E-state index contributed by atoms with van der Waals surface area (Å²) in [6.45, 7) is 4.60. The number of aromatic amines is 1. The van der Waals surface area contributed by atoms with E-state index in [0.717, 1.165) is 31.3 Å². The molecular formula is C23H25N3O3S. The normalized spacial score (nSPS) is 11.9. The fourth-order valence-corrected chi connectivity index (χ4v) is 5.08. The zero-order valence-corrected chi connectivity index (χ0v) is 17.7. The molecule has 0 saturated carbocycles. The van der Waals surface area contributed by atoms with Crippen LogP contribution in [0.5, 0.6) is 5.75 Å². The Morgan fingerprint density at radius 1 is 1.00 bits per heavy atom. The van der Waals surface area contributed by atoms with Crippen LogP contribution in [0.2, 0.25) is 0 Å². The number of nitrogens with zero attached hydrogens (tertiary/aromatic N) is 1. The Hall–Kier alpha value is -2.90. The second kappa shape index (κ2) is 8.85. The first kappa shape index (κ1) is 20.4. The molecule has 0 atom stereocenters. The van der Waals surface area contributed by atoms with Gasteiger partial charge in [-0.25, -0.2) is 8.42 Å². The summed E-state index contributed by atoms with van der Waals surface area (Å²) in [5.41, 5.74) is 0.660. The lowest BCUT2D eigenvalue weighted by Gasteiger charge is -2.08. The molecule has 0 radical (unpaired) electrons. The number of sulfone groups is 1. The number of ether oxygens (including phenoxy) is 1. The lowest BCUT2D eigenvalue weighted by molar-refractivity contribution is 0.306. The maximum absolute atomic E-state index is 13.5. The molecule has 30 heavy (non-hydrogen) atoms. The lowest BCUT2D eigenvalue weighted by atomic mass is 10.1. The van der Waals surface area contributed by atoms with Gasteiger partial charge in [0.1, 0.15) is 5.75 Å². The average Bonchev–Trinajstić information content (AvgIpc) is 3.20. The molecule has 0 fully saturated rings. The smallest absolute Gasteiger partial charge is 0.226 e. The van der Waals surface area contributed by atoms with Gasteiger partial charge in [-0.1, -0.05) is 43.3 Å². The van der Waals surface area contributed by atoms with Gasteiger partial charge in [0.25, 0.3) is 0 Å². The Morgan fingerprint density at radius 2 is 1.83 bits per heavy atom. The minimum atomic E-state index is -3.81. The van der Waals surface area contributed by atoms with Crippen molar-refractivity contribution in [3.05, 3.63) is 60.7 Å². The van der Waals surface area contributed by atoms with Crippen LogP contribution in [0.25, 0.3) is 21.7 Å². The van der Waals surface area contributed by atoms with Gasteiger partial charge >= 0.3 is 0 Å². The number of aromatic nitrogens is 2. The molecule has 156 valence electrons. The van der Waals surface area contributed by atoms with E-state index in [2.05, 4.69) is 22.4 Å². The summed E-state index contributed by atoms with van der Waals surface area (Å²) in [6, 6.07) is 18.1. The molecule has 2 N–H and O–H groups in total. The minimum absolute atomic E-state index is 0.0199. The molecule has 1 heterocycles. The molecule has 0 aliphatic carbocycles. The Morgan fingerprint density at radius 3 is 2.70 bits per heavy atom. The maximum atomic E-state index is 13.5. The quantitative estimate of drug-likeness (QED) is 0.392. The van der Waals surface area contributed by atoms with Crippen molar-refractivity contribution in [3.63, 3.8) is 0 Å². The van der Waals surface area contributed by atoms with Gasteiger partial charge in [0, 0.05) is 10.8 Å². The van der Waals surface area contributed by atoms with Crippen molar-refractivity contribution in [1.29, 1.82) is 0 Å². The van der Waals surface area contributed by atoms with E-state index in [0.29, 0.717) is 28.6 Å². The molecule has 0 aliphatic heterocycles. The number of rotatable bonds is 9. The van der Waals surface area contributed by atoms with Crippen LogP contribution in [0.1, 0.15) is 19.8 Å². The highest BCUT2D eigenvalue weighted by atomic mass is 32.2. The zero-order valence-electron chi connectivity index (χ0n) is 16.9. The standard InChI is InChI=1S/C23H25N3O3S/c1-2-24-14-5-6-15-29-18-12-13-21-20(16-18)23(26-25-21)30(27,28)22-11-7-9-17-8-3-4-10-19(17)22/h3-4,7-13,16,24H,2,5-6,14-15H2,1H3,(H,25,26). The second-order valence-corrected chi connectivity index (χ2v) is 8.96. The maximum Gasteiger partial charge on any atom is 0.226 e. The van der Waals surface area contributed by atoms with Gasteiger partial charge in [0.2, 0.25) is 9.84 Å². The molecule has 0 spiro atoms. The molecule has 1 aromatic heterocycles. The summed E-state index contributed by atoms with van der Waals surface area (Å²) in [7, 11) is -3.81. The van der Waals surface area contributed by atoms with E-state index in [-0.39, 0.29) is 9.92 Å². The molecule has 0 aliphatic rings. The zero-order chi connectivity index (χ0) is 21.0. The first-order valence-corrected chi connectivity index (χ1v) is 11.6. The van der Waals surface area contributed by atoms with Crippen molar-refractivity contribution in [3.8, 4) is 5.75 Å². The third-order valence-corrected chi connectivity index (χ3v) is 6.81. The molecule has 0 saturated heterocycles. The van der Waals surface area contributed by atoms with Gasteiger partial charge in [0.15, 0.2) is 5.03 Å². The van der Waals surface area contributed by atoms with E-state index in [1.165, 1.54) is 0 Å². The van der Waals surface area contributed by atoms with Crippen LogP contribution >= 0.6 is 0 Å². The van der Waals surface area contributed by atoms with Crippen molar-refractivity contribution in [1.82, 2.24) is 15.5 Å². The predicted octanol–water partition coefficient (Wildman–Crippen LogP) is 4.32. The van der Waals surface area contributed by atoms with E-state index in [1.54, 1.807) is 24.3 Å². The van der Waals surface area contributed by atoms with E-state index in [1.807, 2.05) is 36.4 Å². The third kappa shape index (κ3) is 4.04. The second-order valence-electron chi connectivity index (χ2n) is 7.13. The van der Waals surface area contributed by atoms with Crippen LogP contribution in [0.3, 0.4) is 0 Å². The van der Waals surface area contributed by atoms with Crippen molar-refractivity contribution >= 4 is 31.5 Å². The monoisotopic (exact) mass is 423 g/mol. The average molecular weight is 424 g/mol. The molecule has 0 amide bonds. The van der Waals surface area contributed by atoms with Crippen molar-refractivity contribution < 1.29 is 13.2 Å². The van der Waals surface area contributed by atoms with Crippen molar-refractivity contribution in [2.75, 3.05) is 19.7 Å². The molecule has 3 aromatic carbocycles. The summed E-state index contributed by atoms with van der Waals surface area (Å²) in [6.07, 6.45) is 1.96. The van der Waals surface area contributed by atoms with Gasteiger partial charge in [-0.2, -0.15) is 5.10 Å². The van der Waals surface area contributed by atoms with E-state index >= 15 is 0 Å². The Balaban J connectivity index is 1.63.